The number of nitrogens with two attached hydrogens (primary N) is 2. The first-order valence-electron chi connectivity index (χ1n) is 4.11. The van der Waals surface area contributed by atoms with Crippen LogP contribution in [0.1, 0.15) is 23.0 Å². The zero-order valence-corrected chi connectivity index (χ0v) is 7.58. The van der Waals surface area contributed by atoms with Crippen molar-refractivity contribution in [1.82, 2.24) is 4.98 Å². The van der Waals surface area contributed by atoms with Crippen molar-refractivity contribution >= 4 is 11.6 Å². The summed E-state index contributed by atoms with van der Waals surface area (Å²) in [5.74, 6) is 0.364. The third kappa shape index (κ3) is 2.52. The second kappa shape index (κ2) is 4.00. The Hall–Kier alpha value is -1.42. The van der Waals surface area contributed by atoms with Crippen molar-refractivity contribution in [2.45, 2.75) is 13.3 Å². The third-order valence-electron chi connectivity index (χ3n) is 1.71. The lowest BCUT2D eigenvalue weighted by atomic mass is 10.1. The Morgan fingerprint density at radius 2 is 2.23 bits per heavy atom. The molecule has 4 nitrogen and oxygen atoms in total. The van der Waals surface area contributed by atoms with Gasteiger partial charge >= 0.3 is 0 Å². The Bertz CT molecular complexity index is 323. The van der Waals surface area contributed by atoms with Gasteiger partial charge in [0.15, 0.2) is 5.78 Å². The SMILES string of the molecule is CC(=O)c1cc(N)nc(CCN)c1. The molecular weight excluding hydrogens is 166 g/mol. The Kier molecular flexibility index (Phi) is 2.97. The molecule has 1 heterocycles. The molecule has 0 saturated heterocycles. The van der Waals surface area contributed by atoms with Gasteiger partial charge in [-0.2, -0.15) is 0 Å². The van der Waals surface area contributed by atoms with Crippen LogP contribution < -0.4 is 11.5 Å². The highest BCUT2D eigenvalue weighted by Gasteiger charge is 2.03. The molecule has 0 bridgehead atoms. The molecule has 1 rings (SSSR count). The predicted molar refractivity (Wildman–Crippen MR) is 51.4 cm³/mol. The molecule has 0 atom stereocenters. The minimum Gasteiger partial charge on any atom is -0.384 e. The van der Waals surface area contributed by atoms with Gasteiger partial charge in [0.25, 0.3) is 0 Å². The molecule has 4 N–H and O–H groups in total. The maximum Gasteiger partial charge on any atom is 0.160 e. The van der Waals surface area contributed by atoms with Crippen LogP contribution >= 0.6 is 0 Å². The van der Waals surface area contributed by atoms with E-state index in [-0.39, 0.29) is 5.78 Å². The number of anilines is 1. The first-order valence-corrected chi connectivity index (χ1v) is 4.11. The Morgan fingerprint density at radius 3 is 2.77 bits per heavy atom. The molecule has 0 amide bonds. The summed E-state index contributed by atoms with van der Waals surface area (Å²) in [5, 5.41) is 0. The molecule has 0 aliphatic heterocycles. The Labute approximate surface area is 77.0 Å². The van der Waals surface area contributed by atoms with Crippen LogP contribution in [0.15, 0.2) is 12.1 Å². The summed E-state index contributed by atoms with van der Waals surface area (Å²) in [5.41, 5.74) is 12.3. The van der Waals surface area contributed by atoms with E-state index >= 15 is 0 Å². The first-order chi connectivity index (χ1) is 6.13. The Balaban J connectivity index is 3.03. The summed E-state index contributed by atoms with van der Waals surface area (Å²) < 4.78 is 0. The molecule has 0 aliphatic rings. The van der Waals surface area contributed by atoms with E-state index in [4.69, 9.17) is 11.5 Å². The number of nitrogen functional groups attached to an aromatic ring is 1. The van der Waals surface area contributed by atoms with Crippen molar-refractivity contribution in [3.8, 4) is 0 Å². The van der Waals surface area contributed by atoms with Crippen molar-refractivity contribution in [2.75, 3.05) is 12.3 Å². The highest BCUT2D eigenvalue weighted by Crippen LogP contribution is 2.08. The molecule has 1 aromatic rings. The number of carbonyl (C=O) groups is 1. The van der Waals surface area contributed by atoms with Crippen LogP contribution in [0, 0.1) is 0 Å². The van der Waals surface area contributed by atoms with Crippen LogP contribution in [-0.4, -0.2) is 17.3 Å². The van der Waals surface area contributed by atoms with Crippen LogP contribution in [0.3, 0.4) is 0 Å². The number of aromatic nitrogens is 1. The summed E-state index contributed by atoms with van der Waals surface area (Å²) in [6.07, 6.45) is 0.644. The molecule has 0 aromatic carbocycles. The number of hydrogen-bond acceptors (Lipinski definition) is 4. The number of pyridine rings is 1. The smallest absolute Gasteiger partial charge is 0.160 e. The third-order valence-corrected chi connectivity index (χ3v) is 1.71. The molecule has 70 valence electrons. The number of carbonyl (C=O) groups excluding carboxylic acids is 1. The van der Waals surface area contributed by atoms with Gasteiger partial charge in [0.05, 0.1) is 0 Å². The normalized spacial score (nSPS) is 10.0. The molecule has 0 radical (unpaired) electrons. The summed E-state index contributed by atoms with van der Waals surface area (Å²) in [6.45, 7) is 2.01. The molecule has 0 unspecified atom stereocenters. The van der Waals surface area contributed by atoms with Crippen LogP contribution in [0.5, 0.6) is 0 Å². The van der Waals surface area contributed by atoms with E-state index in [2.05, 4.69) is 4.98 Å². The number of ketones is 1. The summed E-state index contributed by atoms with van der Waals surface area (Å²) in [7, 11) is 0. The number of hydrogen-bond donors (Lipinski definition) is 2. The number of nitrogens with zero attached hydrogens (tertiary/aromatic N) is 1. The van der Waals surface area contributed by atoms with Gasteiger partial charge in [-0.05, 0) is 25.6 Å². The van der Waals surface area contributed by atoms with Gasteiger partial charge in [-0.3, -0.25) is 4.79 Å². The molecule has 0 saturated carbocycles. The van der Waals surface area contributed by atoms with Gasteiger partial charge < -0.3 is 11.5 Å². The quantitative estimate of drug-likeness (QED) is 0.657. The van der Waals surface area contributed by atoms with Gasteiger partial charge in [0.2, 0.25) is 0 Å². The average Bonchev–Trinajstić information content (AvgIpc) is 2.03. The monoisotopic (exact) mass is 179 g/mol. The summed E-state index contributed by atoms with van der Waals surface area (Å²) >= 11 is 0. The largest absolute Gasteiger partial charge is 0.384 e. The topological polar surface area (TPSA) is 82.0 Å². The van der Waals surface area contributed by atoms with Crippen molar-refractivity contribution in [3.63, 3.8) is 0 Å². The van der Waals surface area contributed by atoms with Crippen molar-refractivity contribution in [1.29, 1.82) is 0 Å². The standard InChI is InChI=1S/C9H13N3O/c1-6(13)7-4-8(2-3-10)12-9(11)5-7/h4-5H,2-3,10H2,1H3,(H2,11,12). The summed E-state index contributed by atoms with van der Waals surface area (Å²) in [6, 6.07) is 3.30. The molecule has 0 fully saturated rings. The van der Waals surface area contributed by atoms with Crippen molar-refractivity contribution in [3.05, 3.63) is 23.4 Å². The lowest BCUT2D eigenvalue weighted by Gasteiger charge is -2.02. The van der Waals surface area contributed by atoms with Crippen molar-refractivity contribution < 1.29 is 4.79 Å². The maximum atomic E-state index is 11.0. The lowest BCUT2D eigenvalue weighted by molar-refractivity contribution is 0.101. The fourth-order valence-electron chi connectivity index (χ4n) is 1.09. The van der Waals surface area contributed by atoms with Gasteiger partial charge in [0.1, 0.15) is 5.82 Å². The van der Waals surface area contributed by atoms with Crippen LogP contribution in [0.4, 0.5) is 5.82 Å². The van der Waals surface area contributed by atoms with Gasteiger partial charge in [-0.1, -0.05) is 0 Å². The molecule has 13 heavy (non-hydrogen) atoms. The fourth-order valence-corrected chi connectivity index (χ4v) is 1.09. The van der Waals surface area contributed by atoms with E-state index in [1.54, 1.807) is 12.1 Å². The highest BCUT2D eigenvalue weighted by molar-refractivity contribution is 5.94. The second-order valence-corrected chi connectivity index (χ2v) is 2.87. The number of Topliss-reactive ketones (excluding diaryl/α,β-unsaturated/α-hetero) is 1. The van der Waals surface area contributed by atoms with E-state index in [1.165, 1.54) is 6.92 Å². The van der Waals surface area contributed by atoms with Crippen LogP contribution in [0.2, 0.25) is 0 Å². The molecule has 4 heteroatoms. The average molecular weight is 179 g/mol. The zero-order valence-electron chi connectivity index (χ0n) is 7.58. The van der Waals surface area contributed by atoms with E-state index in [0.717, 1.165) is 5.69 Å². The summed E-state index contributed by atoms with van der Waals surface area (Å²) in [4.78, 5) is 15.1. The van der Waals surface area contributed by atoms with Crippen LogP contribution in [-0.2, 0) is 6.42 Å². The minimum atomic E-state index is -0.00706. The Morgan fingerprint density at radius 1 is 1.54 bits per heavy atom. The van der Waals surface area contributed by atoms with Crippen molar-refractivity contribution in [2.24, 2.45) is 5.73 Å². The molecule has 1 aromatic heterocycles. The molecular formula is C9H13N3O. The highest BCUT2D eigenvalue weighted by atomic mass is 16.1. The van der Waals surface area contributed by atoms with E-state index in [1.807, 2.05) is 0 Å². The molecule has 0 spiro atoms. The van der Waals surface area contributed by atoms with Gasteiger partial charge in [-0.25, -0.2) is 4.98 Å². The zero-order chi connectivity index (χ0) is 9.84. The first kappa shape index (κ1) is 9.67. The van der Waals surface area contributed by atoms with E-state index < -0.39 is 0 Å². The van der Waals surface area contributed by atoms with E-state index in [0.29, 0.717) is 24.3 Å². The molecule has 0 aliphatic carbocycles. The van der Waals surface area contributed by atoms with Crippen LogP contribution in [0.25, 0.3) is 0 Å². The van der Waals surface area contributed by atoms with Gasteiger partial charge in [0, 0.05) is 17.7 Å². The second-order valence-electron chi connectivity index (χ2n) is 2.87. The predicted octanol–water partition coefficient (Wildman–Crippen LogP) is 0.368. The number of rotatable bonds is 3. The van der Waals surface area contributed by atoms with Gasteiger partial charge in [-0.15, -0.1) is 0 Å². The maximum absolute atomic E-state index is 11.0. The minimum absolute atomic E-state index is 0.00706. The fraction of sp³-hybridized carbons (Fsp3) is 0.333. The lowest BCUT2D eigenvalue weighted by Crippen LogP contribution is -2.07. The van der Waals surface area contributed by atoms with E-state index in [9.17, 15) is 4.79 Å².